The molecule has 188 valence electrons. The second-order valence-electron chi connectivity index (χ2n) is 8.55. The largest absolute Gasteiger partial charge is 0.497 e. The summed E-state index contributed by atoms with van der Waals surface area (Å²) in [5, 5.41) is 5.70. The lowest BCUT2D eigenvalue weighted by atomic mass is 9.87. The molecule has 8 heteroatoms. The number of urea groups is 1. The summed E-state index contributed by atoms with van der Waals surface area (Å²) in [5.41, 5.74) is 3.61. The molecule has 4 rings (SSSR count). The number of carbonyl (C=O) groups is 2. The number of ether oxygens (including phenoxy) is 3. The van der Waals surface area contributed by atoms with Crippen LogP contribution in [-0.2, 0) is 11.2 Å². The molecule has 1 heterocycles. The first-order valence-electron chi connectivity index (χ1n) is 11.8. The number of anilines is 1. The number of nitrogens with one attached hydrogen (secondary N) is 2. The van der Waals surface area contributed by atoms with Crippen LogP contribution in [0.5, 0.6) is 17.2 Å². The van der Waals surface area contributed by atoms with Gasteiger partial charge >= 0.3 is 6.03 Å². The Hall–Kier alpha value is -4.20. The lowest BCUT2D eigenvalue weighted by Gasteiger charge is -2.38. The predicted molar refractivity (Wildman–Crippen MR) is 138 cm³/mol. The molecular formula is C28H31N3O5. The summed E-state index contributed by atoms with van der Waals surface area (Å²) in [6, 6.07) is 19.2. The number of benzene rings is 3. The standard InChI is InChI=1S/C28H31N3O5/c1-18(27(32)30-21-8-6-5-7-9-21)29-28(33)31-15-14-20-16-24(35-3)25(36-4)17-23(20)26(31)19-10-12-22(34-2)13-11-19/h5-13,16-18,26H,14-15H2,1-4H3,(H,29,33)(H,30,32)/t18-,26+/m0/s1. The highest BCUT2D eigenvalue weighted by molar-refractivity contribution is 5.96. The number of fused-ring (bicyclic) bond motifs is 1. The van der Waals surface area contributed by atoms with Crippen LogP contribution in [0.1, 0.15) is 29.7 Å². The molecule has 0 aromatic heterocycles. The van der Waals surface area contributed by atoms with Gasteiger partial charge in [0.1, 0.15) is 11.8 Å². The molecule has 0 bridgehead atoms. The summed E-state index contributed by atoms with van der Waals surface area (Å²) < 4.78 is 16.4. The summed E-state index contributed by atoms with van der Waals surface area (Å²) in [4.78, 5) is 28.0. The van der Waals surface area contributed by atoms with E-state index >= 15 is 0 Å². The van der Waals surface area contributed by atoms with Crippen molar-refractivity contribution in [2.45, 2.75) is 25.4 Å². The quantitative estimate of drug-likeness (QED) is 0.514. The van der Waals surface area contributed by atoms with E-state index in [0.29, 0.717) is 30.2 Å². The van der Waals surface area contributed by atoms with E-state index in [-0.39, 0.29) is 18.0 Å². The van der Waals surface area contributed by atoms with Crippen molar-refractivity contribution in [3.63, 3.8) is 0 Å². The highest BCUT2D eigenvalue weighted by Gasteiger charge is 2.34. The van der Waals surface area contributed by atoms with Crippen molar-refractivity contribution in [2.75, 3.05) is 33.2 Å². The van der Waals surface area contributed by atoms with Crippen LogP contribution in [0.15, 0.2) is 66.7 Å². The van der Waals surface area contributed by atoms with E-state index in [9.17, 15) is 9.59 Å². The number of para-hydroxylation sites is 1. The number of hydrogen-bond donors (Lipinski definition) is 2. The minimum Gasteiger partial charge on any atom is -0.497 e. The van der Waals surface area contributed by atoms with Crippen molar-refractivity contribution in [1.29, 1.82) is 0 Å². The van der Waals surface area contributed by atoms with Crippen molar-refractivity contribution in [3.8, 4) is 17.2 Å². The van der Waals surface area contributed by atoms with Crippen LogP contribution in [0.25, 0.3) is 0 Å². The zero-order valence-electron chi connectivity index (χ0n) is 20.9. The smallest absolute Gasteiger partial charge is 0.318 e. The van der Waals surface area contributed by atoms with Gasteiger partial charge in [-0.15, -0.1) is 0 Å². The Balaban J connectivity index is 1.63. The zero-order chi connectivity index (χ0) is 25.7. The summed E-state index contributed by atoms with van der Waals surface area (Å²) in [6.07, 6.45) is 0.639. The third-order valence-electron chi connectivity index (χ3n) is 6.34. The molecule has 0 fully saturated rings. The van der Waals surface area contributed by atoms with Crippen molar-refractivity contribution in [2.24, 2.45) is 0 Å². The van der Waals surface area contributed by atoms with Gasteiger partial charge < -0.3 is 29.7 Å². The molecule has 0 saturated carbocycles. The summed E-state index contributed by atoms with van der Waals surface area (Å²) in [5.74, 6) is 1.67. The fraction of sp³-hybridized carbons (Fsp3) is 0.286. The molecule has 3 amide bonds. The van der Waals surface area contributed by atoms with Gasteiger partial charge in [0.2, 0.25) is 5.91 Å². The Kier molecular flexibility index (Phi) is 7.63. The molecule has 1 aliphatic heterocycles. The SMILES string of the molecule is COc1ccc([C@@H]2c3cc(OC)c(OC)cc3CCN2C(=O)N[C@@H](C)C(=O)Nc2ccccc2)cc1. The van der Waals surface area contributed by atoms with Crippen LogP contribution < -0.4 is 24.8 Å². The molecule has 0 saturated heterocycles. The molecule has 0 unspecified atom stereocenters. The van der Waals surface area contributed by atoms with E-state index in [1.54, 1.807) is 45.3 Å². The Morgan fingerprint density at radius 3 is 2.22 bits per heavy atom. The number of rotatable bonds is 7. The number of methoxy groups -OCH3 is 3. The van der Waals surface area contributed by atoms with Crippen molar-refractivity contribution in [3.05, 3.63) is 83.4 Å². The van der Waals surface area contributed by atoms with Gasteiger partial charge in [-0.1, -0.05) is 30.3 Å². The van der Waals surface area contributed by atoms with Crippen LogP contribution in [-0.4, -0.2) is 50.8 Å². The van der Waals surface area contributed by atoms with Gasteiger partial charge in [0.15, 0.2) is 11.5 Å². The molecule has 8 nitrogen and oxygen atoms in total. The van der Waals surface area contributed by atoms with E-state index < -0.39 is 6.04 Å². The predicted octanol–water partition coefficient (Wildman–Crippen LogP) is 4.40. The molecule has 0 radical (unpaired) electrons. The van der Waals surface area contributed by atoms with E-state index in [0.717, 1.165) is 22.4 Å². The molecule has 3 aromatic rings. The maximum Gasteiger partial charge on any atom is 0.318 e. The molecule has 2 atom stereocenters. The maximum absolute atomic E-state index is 13.5. The maximum atomic E-state index is 13.5. The van der Waals surface area contributed by atoms with E-state index in [4.69, 9.17) is 14.2 Å². The Morgan fingerprint density at radius 1 is 0.917 bits per heavy atom. The normalized spacial score (nSPS) is 15.3. The molecular weight excluding hydrogens is 458 g/mol. The van der Waals surface area contributed by atoms with E-state index in [1.807, 2.05) is 54.6 Å². The van der Waals surface area contributed by atoms with Crippen molar-refractivity contribution in [1.82, 2.24) is 10.2 Å². The molecule has 3 aromatic carbocycles. The van der Waals surface area contributed by atoms with E-state index in [1.165, 1.54) is 0 Å². The Morgan fingerprint density at radius 2 is 1.58 bits per heavy atom. The molecule has 0 aliphatic carbocycles. The van der Waals surface area contributed by atoms with Gasteiger partial charge in [0, 0.05) is 12.2 Å². The number of carbonyl (C=O) groups excluding carboxylic acids is 2. The topological polar surface area (TPSA) is 89.1 Å². The second kappa shape index (κ2) is 11.0. The summed E-state index contributed by atoms with van der Waals surface area (Å²) in [7, 11) is 4.81. The minimum absolute atomic E-state index is 0.292. The first kappa shape index (κ1) is 24.9. The lowest BCUT2D eigenvalue weighted by Crippen LogP contribution is -2.51. The first-order valence-corrected chi connectivity index (χ1v) is 11.8. The summed E-state index contributed by atoms with van der Waals surface area (Å²) >= 11 is 0. The van der Waals surface area contributed by atoms with Crippen molar-refractivity contribution < 1.29 is 23.8 Å². The third kappa shape index (κ3) is 5.22. The average molecular weight is 490 g/mol. The van der Waals surface area contributed by atoms with E-state index in [2.05, 4.69) is 10.6 Å². The van der Waals surface area contributed by atoms with Gasteiger partial charge in [-0.25, -0.2) is 4.79 Å². The lowest BCUT2D eigenvalue weighted by molar-refractivity contribution is -0.117. The highest BCUT2D eigenvalue weighted by atomic mass is 16.5. The number of amides is 3. The Labute approximate surface area is 211 Å². The molecule has 0 spiro atoms. The van der Waals surface area contributed by atoms with Gasteiger partial charge in [-0.3, -0.25) is 4.79 Å². The molecule has 1 aliphatic rings. The monoisotopic (exact) mass is 489 g/mol. The van der Waals surface area contributed by atoms with Gasteiger partial charge in [-0.2, -0.15) is 0 Å². The van der Waals surface area contributed by atoms with Crippen LogP contribution in [0.3, 0.4) is 0 Å². The third-order valence-corrected chi connectivity index (χ3v) is 6.34. The van der Waals surface area contributed by atoms with Crippen molar-refractivity contribution >= 4 is 17.6 Å². The Bertz CT molecular complexity index is 1210. The van der Waals surface area contributed by atoms with Gasteiger partial charge in [-0.05, 0) is 66.4 Å². The van der Waals surface area contributed by atoms with Crippen LogP contribution in [0, 0.1) is 0 Å². The highest BCUT2D eigenvalue weighted by Crippen LogP contribution is 2.41. The first-order chi connectivity index (χ1) is 17.4. The minimum atomic E-state index is -0.735. The van der Waals surface area contributed by atoms with Crippen LogP contribution in [0.2, 0.25) is 0 Å². The average Bonchev–Trinajstić information content (AvgIpc) is 2.92. The summed E-state index contributed by atoms with van der Waals surface area (Å²) in [6.45, 7) is 2.14. The van der Waals surface area contributed by atoms with Crippen LogP contribution >= 0.6 is 0 Å². The van der Waals surface area contributed by atoms with Gasteiger partial charge in [0.05, 0.1) is 27.4 Å². The van der Waals surface area contributed by atoms with Gasteiger partial charge in [0.25, 0.3) is 0 Å². The zero-order valence-corrected chi connectivity index (χ0v) is 20.9. The number of hydrogen-bond acceptors (Lipinski definition) is 5. The second-order valence-corrected chi connectivity index (χ2v) is 8.55. The fourth-order valence-corrected chi connectivity index (χ4v) is 4.42. The fourth-order valence-electron chi connectivity index (χ4n) is 4.42. The van der Waals surface area contributed by atoms with Crippen LogP contribution in [0.4, 0.5) is 10.5 Å². The number of nitrogens with zero attached hydrogens (tertiary/aromatic N) is 1. The molecule has 36 heavy (non-hydrogen) atoms. The molecule has 2 N–H and O–H groups in total.